The van der Waals surface area contributed by atoms with Crippen molar-refractivity contribution in [2.75, 3.05) is 13.2 Å². The molecule has 1 aliphatic rings. The maximum atomic E-state index is 13.2. The van der Waals surface area contributed by atoms with E-state index >= 15 is 0 Å². The highest BCUT2D eigenvalue weighted by molar-refractivity contribution is 5.79. The number of rotatable bonds is 6. The molecule has 1 heterocycles. The average Bonchev–Trinajstić information content (AvgIpc) is 3.08. The Hall–Kier alpha value is -3.47. The van der Waals surface area contributed by atoms with Gasteiger partial charge < -0.3 is 10.1 Å². The minimum Gasteiger partial charge on any atom is -0.449 e. The number of halogens is 1. The van der Waals surface area contributed by atoms with Crippen LogP contribution in [-0.4, -0.2) is 24.2 Å². The van der Waals surface area contributed by atoms with E-state index in [1.165, 1.54) is 28.3 Å². The first-order valence-corrected chi connectivity index (χ1v) is 10.0. The van der Waals surface area contributed by atoms with E-state index < -0.39 is 6.09 Å². The Morgan fingerprint density at radius 2 is 1.73 bits per heavy atom. The first-order chi connectivity index (χ1) is 14.6. The summed E-state index contributed by atoms with van der Waals surface area (Å²) < 4.78 is 18.7. The van der Waals surface area contributed by atoms with Crippen LogP contribution in [-0.2, 0) is 4.74 Å². The molecule has 0 saturated heterocycles. The summed E-state index contributed by atoms with van der Waals surface area (Å²) in [5.74, 6) is -0.264. The highest BCUT2D eigenvalue weighted by Crippen LogP contribution is 2.44. The summed E-state index contributed by atoms with van der Waals surface area (Å²) in [7, 11) is 0. The molecule has 0 fully saturated rings. The lowest BCUT2D eigenvalue weighted by Gasteiger charge is -2.14. The van der Waals surface area contributed by atoms with Crippen molar-refractivity contribution in [3.05, 3.63) is 95.1 Å². The molecule has 0 spiro atoms. The van der Waals surface area contributed by atoms with Gasteiger partial charge in [0.2, 0.25) is 0 Å². The fourth-order valence-electron chi connectivity index (χ4n) is 3.77. The Kier molecular flexibility index (Phi) is 5.89. The molecule has 0 bridgehead atoms. The number of fused-ring (bicyclic) bond motifs is 3. The van der Waals surface area contributed by atoms with Gasteiger partial charge in [0.25, 0.3) is 0 Å². The second kappa shape index (κ2) is 8.91. The highest BCUT2D eigenvalue weighted by atomic mass is 19.1. The van der Waals surface area contributed by atoms with Gasteiger partial charge in [-0.3, -0.25) is 4.98 Å². The van der Waals surface area contributed by atoms with Gasteiger partial charge in [-0.25, -0.2) is 9.18 Å². The van der Waals surface area contributed by atoms with Crippen LogP contribution in [0, 0.1) is 12.7 Å². The first-order valence-electron chi connectivity index (χ1n) is 10.0. The van der Waals surface area contributed by atoms with E-state index in [0.29, 0.717) is 31.0 Å². The van der Waals surface area contributed by atoms with Crippen molar-refractivity contribution < 1.29 is 13.9 Å². The number of carbonyl (C=O) groups is 1. The van der Waals surface area contributed by atoms with Crippen molar-refractivity contribution >= 4 is 12.2 Å². The van der Waals surface area contributed by atoms with Gasteiger partial charge in [0.1, 0.15) is 12.4 Å². The van der Waals surface area contributed by atoms with Crippen LogP contribution in [0.3, 0.4) is 0 Å². The van der Waals surface area contributed by atoms with Crippen LogP contribution in [0.25, 0.3) is 17.2 Å². The molecule has 0 unspecified atom stereocenters. The van der Waals surface area contributed by atoms with Crippen molar-refractivity contribution in [1.29, 1.82) is 0 Å². The van der Waals surface area contributed by atoms with Crippen LogP contribution < -0.4 is 5.32 Å². The summed E-state index contributed by atoms with van der Waals surface area (Å²) in [6.45, 7) is 2.38. The van der Waals surface area contributed by atoms with Crippen molar-refractivity contribution in [3.63, 3.8) is 0 Å². The van der Waals surface area contributed by atoms with E-state index in [1.807, 2.05) is 36.4 Å². The van der Waals surface area contributed by atoms with E-state index in [1.54, 1.807) is 13.0 Å². The molecule has 1 N–H and O–H groups in total. The Bertz CT molecular complexity index is 1050. The number of alkyl carbamates (subject to hydrolysis) is 1. The Morgan fingerprint density at radius 3 is 2.40 bits per heavy atom. The predicted octanol–water partition coefficient (Wildman–Crippen LogP) is 5.47. The van der Waals surface area contributed by atoms with Gasteiger partial charge in [0.05, 0.1) is 11.4 Å². The molecular weight excluding hydrogens is 379 g/mol. The number of nitrogens with zero attached hydrogens (tertiary/aromatic N) is 1. The maximum Gasteiger partial charge on any atom is 0.407 e. The minimum absolute atomic E-state index is 0.0517. The summed E-state index contributed by atoms with van der Waals surface area (Å²) in [5.41, 5.74) is 5.85. The van der Waals surface area contributed by atoms with Gasteiger partial charge in [-0.15, -0.1) is 0 Å². The molecule has 3 aromatic rings. The Labute approximate surface area is 175 Å². The maximum absolute atomic E-state index is 13.2. The zero-order valence-corrected chi connectivity index (χ0v) is 16.8. The van der Waals surface area contributed by atoms with Crippen LogP contribution in [0.5, 0.6) is 0 Å². The first kappa shape index (κ1) is 19.8. The quantitative estimate of drug-likeness (QED) is 0.556. The monoisotopic (exact) mass is 402 g/mol. The highest BCUT2D eigenvalue weighted by Gasteiger charge is 2.28. The molecule has 2 aromatic carbocycles. The summed E-state index contributed by atoms with van der Waals surface area (Å²) in [6.07, 6.45) is 3.90. The number of aryl methyl sites for hydroxylation is 1. The second-order valence-electron chi connectivity index (χ2n) is 7.25. The Balaban J connectivity index is 1.27. The van der Waals surface area contributed by atoms with Crippen LogP contribution in [0.15, 0.2) is 66.7 Å². The van der Waals surface area contributed by atoms with Crippen LogP contribution in [0.2, 0.25) is 0 Å². The lowest BCUT2D eigenvalue weighted by atomic mass is 9.98. The van der Waals surface area contributed by atoms with E-state index in [9.17, 15) is 9.18 Å². The molecule has 1 aromatic heterocycles. The molecule has 4 rings (SSSR count). The molecular formula is C25H23FN2O2. The van der Waals surface area contributed by atoms with Crippen LogP contribution in [0.4, 0.5) is 9.18 Å². The number of nitrogens with one attached hydrogen (secondary N) is 1. The third-order valence-electron chi connectivity index (χ3n) is 5.26. The summed E-state index contributed by atoms with van der Waals surface area (Å²) in [4.78, 5) is 16.3. The molecule has 1 aliphatic carbocycles. The molecule has 0 saturated carbocycles. The predicted molar refractivity (Wildman–Crippen MR) is 116 cm³/mol. The van der Waals surface area contributed by atoms with Gasteiger partial charge in [0, 0.05) is 12.5 Å². The summed E-state index contributed by atoms with van der Waals surface area (Å²) >= 11 is 0. The number of ether oxygens (including phenoxy) is 1. The van der Waals surface area contributed by atoms with Gasteiger partial charge >= 0.3 is 6.09 Å². The van der Waals surface area contributed by atoms with Gasteiger partial charge in [-0.1, -0.05) is 54.6 Å². The SMILES string of the molecule is Cc1nc(C=CCCNC(=O)OCC2c3ccccc3-c3ccccc32)ccc1F. The smallest absolute Gasteiger partial charge is 0.407 e. The molecule has 0 aliphatic heterocycles. The number of carbonyl (C=O) groups excluding carboxylic acids is 1. The van der Waals surface area contributed by atoms with Crippen molar-refractivity contribution in [1.82, 2.24) is 10.3 Å². The topological polar surface area (TPSA) is 51.2 Å². The summed E-state index contributed by atoms with van der Waals surface area (Å²) in [5, 5.41) is 2.77. The lowest BCUT2D eigenvalue weighted by Crippen LogP contribution is -2.26. The van der Waals surface area contributed by atoms with E-state index in [-0.39, 0.29) is 11.7 Å². The number of pyridine rings is 1. The van der Waals surface area contributed by atoms with Crippen LogP contribution >= 0.6 is 0 Å². The third kappa shape index (κ3) is 4.25. The zero-order valence-electron chi connectivity index (χ0n) is 16.8. The van der Waals surface area contributed by atoms with E-state index in [0.717, 1.165) is 0 Å². The van der Waals surface area contributed by atoms with Gasteiger partial charge in [0.15, 0.2) is 0 Å². The van der Waals surface area contributed by atoms with Crippen molar-refractivity contribution in [2.45, 2.75) is 19.3 Å². The number of amides is 1. The Morgan fingerprint density at radius 1 is 1.07 bits per heavy atom. The van der Waals surface area contributed by atoms with E-state index in [2.05, 4.69) is 34.6 Å². The largest absolute Gasteiger partial charge is 0.449 e. The van der Waals surface area contributed by atoms with Crippen LogP contribution in [0.1, 0.15) is 34.9 Å². The van der Waals surface area contributed by atoms with Crippen molar-refractivity contribution in [3.8, 4) is 11.1 Å². The third-order valence-corrected chi connectivity index (χ3v) is 5.26. The number of aromatic nitrogens is 1. The minimum atomic E-state index is -0.430. The second-order valence-corrected chi connectivity index (χ2v) is 7.25. The summed E-state index contributed by atoms with van der Waals surface area (Å²) in [6, 6.07) is 19.5. The number of hydrogen-bond donors (Lipinski definition) is 1. The molecule has 152 valence electrons. The number of hydrogen-bond acceptors (Lipinski definition) is 3. The van der Waals surface area contributed by atoms with Crippen molar-refractivity contribution in [2.24, 2.45) is 0 Å². The van der Waals surface area contributed by atoms with Gasteiger partial charge in [-0.05, 0) is 53.8 Å². The zero-order chi connectivity index (χ0) is 20.9. The number of benzene rings is 2. The lowest BCUT2D eigenvalue weighted by molar-refractivity contribution is 0.143. The molecule has 0 atom stereocenters. The average molecular weight is 402 g/mol. The molecule has 30 heavy (non-hydrogen) atoms. The normalized spacial score (nSPS) is 12.6. The standard InChI is InChI=1S/C25H23FN2O2/c1-17-24(26)14-13-18(28-17)8-6-7-15-27-25(29)30-16-23-21-11-4-2-9-19(21)20-10-3-5-12-22(20)23/h2-6,8-14,23H,7,15-16H2,1H3,(H,27,29). The fourth-order valence-corrected chi connectivity index (χ4v) is 3.77. The fraction of sp³-hybridized carbons (Fsp3) is 0.200. The molecule has 4 nitrogen and oxygen atoms in total. The molecule has 1 amide bonds. The van der Waals surface area contributed by atoms with Gasteiger partial charge in [-0.2, -0.15) is 0 Å². The molecule has 0 radical (unpaired) electrons. The molecule has 5 heteroatoms. The van der Waals surface area contributed by atoms with E-state index in [4.69, 9.17) is 4.74 Å².